The van der Waals surface area contributed by atoms with Crippen molar-refractivity contribution in [1.82, 2.24) is 0 Å². The van der Waals surface area contributed by atoms with Crippen LogP contribution in [-0.4, -0.2) is 67.0 Å². The fourth-order valence-corrected chi connectivity index (χ4v) is 0.713. The van der Waals surface area contributed by atoms with Gasteiger partial charge in [-0.1, -0.05) is 0 Å². The smallest absolute Gasteiger partial charge is 0.350 e. The predicted molar refractivity (Wildman–Crippen MR) is 39.3 cm³/mol. The molecule has 82 valence electrons. The zero-order valence-corrected chi connectivity index (χ0v) is 6.82. The van der Waals surface area contributed by atoms with Gasteiger partial charge in [0.15, 0.2) is 0 Å². The Kier molecular flexibility index (Phi) is 3.36. The maximum Gasteiger partial charge on any atom is 0.350 e. The Morgan fingerprint density at radius 2 is 1.86 bits per heavy atom. The van der Waals surface area contributed by atoms with Gasteiger partial charge in [-0.25, -0.2) is 9.59 Å². The topological polar surface area (TPSA) is 156 Å². The zero-order valence-electron chi connectivity index (χ0n) is 7.82. The number of carboxylic acid groups (broad SMARTS) is 2. The van der Waals surface area contributed by atoms with E-state index < -0.39 is 36.4 Å². The molecule has 0 amide bonds. The molecule has 0 aromatic heterocycles. The maximum atomic E-state index is 10.7. The molecule has 0 aromatic rings. The predicted octanol–water partition coefficient (Wildman–Crippen LogP) is -3.40. The van der Waals surface area contributed by atoms with Crippen molar-refractivity contribution in [2.75, 3.05) is 6.61 Å². The molecule has 0 aromatic carbocycles. The largest absolute Gasteiger partial charge is 0.479 e. The highest BCUT2D eigenvalue weighted by atomic mass is 16.5. The number of aliphatic hydroxyl groups is 4. The van der Waals surface area contributed by atoms with Crippen LogP contribution in [-0.2, 0) is 9.59 Å². The average Bonchev–Trinajstić information content (AvgIpc) is 2.24. The fourth-order valence-electron chi connectivity index (χ4n) is 0.713. The molecule has 0 saturated carbocycles. The molecule has 0 aliphatic rings. The van der Waals surface area contributed by atoms with Crippen molar-refractivity contribution < 1.29 is 40.2 Å². The number of aliphatic hydroxyl groups excluding tert-OH is 3. The van der Waals surface area contributed by atoms with Crippen molar-refractivity contribution in [2.24, 2.45) is 0 Å². The molecule has 8 nitrogen and oxygen atoms in total. The highest BCUT2D eigenvalue weighted by Crippen LogP contribution is 2.15. The normalized spacial score (nSPS) is 20.1. The Morgan fingerprint density at radius 1 is 1.36 bits per heavy atom. The van der Waals surface area contributed by atoms with Crippen LogP contribution in [0.3, 0.4) is 0 Å². The van der Waals surface area contributed by atoms with Crippen LogP contribution in [0.5, 0.6) is 0 Å². The van der Waals surface area contributed by atoms with Crippen LogP contribution in [0.2, 0.25) is 0 Å². The lowest BCUT2D eigenvalue weighted by molar-refractivity contribution is -0.198. The minimum atomic E-state index is -3.50. The Balaban J connectivity index is 5.11. The summed E-state index contributed by atoms with van der Waals surface area (Å²) in [5, 5.41) is 47.2. The molecule has 0 saturated heterocycles. The van der Waals surface area contributed by atoms with E-state index in [4.69, 9.17) is 21.9 Å². The number of hydrogen-bond acceptors (Lipinski definition) is 7. The van der Waals surface area contributed by atoms with Crippen molar-refractivity contribution >= 4 is 11.9 Å². The molecule has 0 aliphatic heterocycles. The van der Waals surface area contributed by atoms with E-state index >= 15 is 0 Å². The van der Waals surface area contributed by atoms with E-state index in [0.717, 1.165) is 0 Å². The van der Waals surface area contributed by atoms with E-state index in [-0.39, 0.29) is 0 Å². The summed E-state index contributed by atoms with van der Waals surface area (Å²) in [5.41, 5.74) is -3.50. The van der Waals surface area contributed by atoms with E-state index in [1.807, 2.05) is 0 Å². The SMILES string of the molecule is [2H]OC(=O)C(O)(C(=O)O)C(O)C(O)CO. The van der Waals surface area contributed by atoms with E-state index in [1.54, 1.807) is 0 Å². The van der Waals surface area contributed by atoms with Crippen LogP contribution in [0.4, 0.5) is 0 Å². The molecular weight excluding hydrogens is 200 g/mol. The Labute approximate surface area is 79.1 Å². The van der Waals surface area contributed by atoms with Crippen molar-refractivity contribution in [2.45, 2.75) is 17.8 Å². The average molecular weight is 211 g/mol. The summed E-state index contributed by atoms with van der Waals surface area (Å²) in [5.74, 6) is -4.19. The lowest BCUT2D eigenvalue weighted by Crippen LogP contribution is -2.60. The van der Waals surface area contributed by atoms with Gasteiger partial charge in [-0.3, -0.25) is 0 Å². The molecule has 8 heteroatoms. The first-order chi connectivity index (χ1) is 6.82. The number of carboxylic acids is 2. The first-order valence-electron chi connectivity index (χ1n) is 3.83. The molecule has 0 rings (SSSR count). The summed E-state index contributed by atoms with van der Waals surface area (Å²) in [6.07, 6.45) is -4.58. The second kappa shape index (κ2) is 4.33. The Hall–Kier alpha value is -1.22. The second-order valence-corrected chi connectivity index (χ2v) is 2.55. The van der Waals surface area contributed by atoms with Gasteiger partial charge in [0.25, 0.3) is 7.03 Å². The third kappa shape index (κ3) is 1.99. The highest BCUT2D eigenvalue weighted by Gasteiger charge is 2.54. The number of rotatable bonds is 5. The fraction of sp³-hybridized carbons (Fsp3) is 0.667. The van der Waals surface area contributed by atoms with Crippen LogP contribution >= 0.6 is 0 Å². The summed E-state index contributed by atoms with van der Waals surface area (Å²) in [4.78, 5) is 21.2. The first-order valence-corrected chi connectivity index (χ1v) is 3.42. The minimum absolute atomic E-state index is 1.08. The van der Waals surface area contributed by atoms with Crippen molar-refractivity contribution in [3.8, 4) is 0 Å². The standard InChI is InChI=1S/C6H10O8/c7-1-2(8)3(9)6(14,4(10)11)5(12)13/h2-3,7-9,14H,1H2,(H,10,11)(H,12,13)/i/hD. The summed E-state index contributed by atoms with van der Waals surface area (Å²) < 4.78 is 6.12. The lowest BCUT2D eigenvalue weighted by atomic mass is 9.93. The van der Waals surface area contributed by atoms with Gasteiger partial charge in [-0.2, -0.15) is 0 Å². The van der Waals surface area contributed by atoms with Gasteiger partial charge >= 0.3 is 11.9 Å². The summed E-state index contributed by atoms with van der Waals surface area (Å²) in [7, 11) is 0. The van der Waals surface area contributed by atoms with Crippen molar-refractivity contribution in [3.05, 3.63) is 0 Å². The van der Waals surface area contributed by atoms with E-state index in [9.17, 15) is 14.7 Å². The molecule has 0 spiro atoms. The molecule has 14 heavy (non-hydrogen) atoms. The van der Waals surface area contributed by atoms with Crippen LogP contribution in [0.15, 0.2) is 0 Å². The quantitative estimate of drug-likeness (QED) is 0.257. The number of aliphatic carboxylic acids is 2. The summed E-state index contributed by atoms with van der Waals surface area (Å²) in [6.45, 7) is -1.08. The third-order valence-corrected chi connectivity index (χ3v) is 1.62. The Bertz CT molecular complexity index is 256. The summed E-state index contributed by atoms with van der Waals surface area (Å²) >= 11 is 0. The van der Waals surface area contributed by atoms with Gasteiger partial charge in [0.05, 0.1) is 6.61 Å². The monoisotopic (exact) mass is 211 g/mol. The molecule has 6 N–H and O–H groups in total. The third-order valence-electron chi connectivity index (χ3n) is 1.62. The van der Waals surface area contributed by atoms with Crippen LogP contribution in [0.25, 0.3) is 1.43 Å². The molecule has 0 fully saturated rings. The van der Waals surface area contributed by atoms with Gasteiger partial charge in [0, 0.05) is 0 Å². The van der Waals surface area contributed by atoms with Gasteiger partial charge in [-0.05, 0) is 0 Å². The first kappa shape index (κ1) is 10.9. The van der Waals surface area contributed by atoms with Crippen LogP contribution < -0.4 is 0 Å². The van der Waals surface area contributed by atoms with Gasteiger partial charge in [0.1, 0.15) is 12.2 Å². The van der Waals surface area contributed by atoms with Gasteiger partial charge < -0.3 is 30.6 Å². The lowest BCUT2D eigenvalue weighted by Gasteiger charge is -2.26. The van der Waals surface area contributed by atoms with E-state index in [0.29, 0.717) is 0 Å². The summed E-state index contributed by atoms with van der Waals surface area (Å²) in [6, 6.07) is 0. The van der Waals surface area contributed by atoms with E-state index in [2.05, 4.69) is 5.11 Å². The number of carbonyl (C=O) groups is 2. The molecule has 3 unspecified atom stereocenters. The second-order valence-electron chi connectivity index (χ2n) is 2.55. The molecule has 0 heterocycles. The van der Waals surface area contributed by atoms with Crippen LogP contribution in [0, 0.1) is 0 Å². The Morgan fingerprint density at radius 3 is 2.14 bits per heavy atom. The molecule has 0 aliphatic carbocycles. The maximum absolute atomic E-state index is 10.7. The number of hydrogen-bond donors (Lipinski definition) is 6. The minimum Gasteiger partial charge on any atom is -0.479 e. The molecular formula is C6H10O8. The zero-order chi connectivity index (χ0) is 12.2. The van der Waals surface area contributed by atoms with Crippen LogP contribution in [0.1, 0.15) is 0 Å². The molecule has 0 bridgehead atoms. The van der Waals surface area contributed by atoms with E-state index in [1.165, 1.54) is 0 Å². The van der Waals surface area contributed by atoms with Crippen molar-refractivity contribution in [1.29, 1.82) is 1.43 Å². The highest BCUT2D eigenvalue weighted by molar-refractivity contribution is 6.02. The van der Waals surface area contributed by atoms with Gasteiger partial charge in [-0.15, -0.1) is 0 Å². The molecule has 3 atom stereocenters. The van der Waals surface area contributed by atoms with Crippen molar-refractivity contribution in [3.63, 3.8) is 0 Å². The van der Waals surface area contributed by atoms with Gasteiger partial charge in [0.2, 0.25) is 0 Å². The molecule has 0 radical (unpaired) electrons.